The van der Waals surface area contributed by atoms with E-state index < -0.39 is 10.0 Å². The number of nitrogens with zero attached hydrogens (tertiary/aromatic N) is 2. The SMILES string of the molecule is C[C@@H](C(=O)NC1CC1)N1CCN(S(=O)(=O)c2ccc3c(c2)CCCC3)CC1. The molecule has 2 fully saturated rings. The molecule has 0 bridgehead atoms. The molecule has 7 heteroatoms. The number of piperazine rings is 1. The highest BCUT2D eigenvalue weighted by atomic mass is 32.2. The fourth-order valence-electron chi connectivity index (χ4n) is 4.07. The first kappa shape index (κ1) is 18.9. The minimum absolute atomic E-state index is 0.0588. The number of carbonyl (C=O) groups is 1. The van der Waals surface area contributed by atoms with E-state index in [9.17, 15) is 13.2 Å². The van der Waals surface area contributed by atoms with Crippen LogP contribution >= 0.6 is 0 Å². The summed E-state index contributed by atoms with van der Waals surface area (Å²) in [6.07, 6.45) is 6.50. The minimum Gasteiger partial charge on any atom is -0.352 e. The molecule has 1 saturated carbocycles. The zero-order chi connectivity index (χ0) is 19.0. The molecule has 2 aliphatic carbocycles. The maximum Gasteiger partial charge on any atom is 0.243 e. The van der Waals surface area contributed by atoms with Crippen LogP contribution in [0.3, 0.4) is 0 Å². The summed E-state index contributed by atoms with van der Waals surface area (Å²) in [4.78, 5) is 14.7. The Labute approximate surface area is 162 Å². The van der Waals surface area contributed by atoms with Crippen molar-refractivity contribution in [3.8, 4) is 0 Å². The molecule has 0 radical (unpaired) electrons. The predicted octanol–water partition coefficient (Wildman–Crippen LogP) is 1.54. The monoisotopic (exact) mass is 391 g/mol. The highest BCUT2D eigenvalue weighted by Gasteiger charge is 2.33. The summed E-state index contributed by atoms with van der Waals surface area (Å²) in [5.41, 5.74) is 2.48. The molecular formula is C20H29N3O3S. The van der Waals surface area contributed by atoms with Crippen molar-refractivity contribution in [1.29, 1.82) is 0 Å². The molecule has 1 saturated heterocycles. The van der Waals surface area contributed by atoms with Crippen LogP contribution in [0.5, 0.6) is 0 Å². The van der Waals surface area contributed by atoms with Crippen LogP contribution in [-0.2, 0) is 27.7 Å². The predicted molar refractivity (Wildman–Crippen MR) is 104 cm³/mol. The Morgan fingerprint density at radius 1 is 1.07 bits per heavy atom. The van der Waals surface area contributed by atoms with Gasteiger partial charge in [-0.1, -0.05) is 6.07 Å². The number of aryl methyl sites for hydroxylation is 2. The zero-order valence-electron chi connectivity index (χ0n) is 16.0. The third-order valence-electron chi connectivity index (χ3n) is 6.08. The van der Waals surface area contributed by atoms with Crippen LogP contribution in [0.2, 0.25) is 0 Å². The summed E-state index contributed by atoms with van der Waals surface area (Å²) < 4.78 is 27.7. The Morgan fingerprint density at radius 2 is 1.74 bits per heavy atom. The number of nitrogens with one attached hydrogen (secondary N) is 1. The third kappa shape index (κ3) is 4.05. The molecule has 1 aliphatic heterocycles. The average Bonchev–Trinajstić information content (AvgIpc) is 3.51. The third-order valence-corrected chi connectivity index (χ3v) is 7.98. The number of fused-ring (bicyclic) bond motifs is 1. The van der Waals surface area contributed by atoms with Crippen LogP contribution in [0.4, 0.5) is 0 Å². The van der Waals surface area contributed by atoms with Gasteiger partial charge in [0, 0.05) is 32.2 Å². The number of rotatable bonds is 5. The van der Waals surface area contributed by atoms with Crippen LogP contribution in [-0.4, -0.2) is 61.8 Å². The van der Waals surface area contributed by atoms with Gasteiger partial charge in [0.15, 0.2) is 0 Å². The molecule has 3 aliphatic rings. The van der Waals surface area contributed by atoms with Gasteiger partial charge in [0.25, 0.3) is 0 Å². The number of hydrogen-bond acceptors (Lipinski definition) is 4. The standard InChI is InChI=1S/C20H29N3O3S/c1-15(20(24)21-18-7-8-18)22-10-12-23(13-11-22)27(25,26)19-9-6-16-4-2-3-5-17(16)14-19/h6,9,14-15,18H,2-5,7-8,10-13H2,1H3,(H,21,24)/t15-/m0/s1. The van der Waals surface area contributed by atoms with Crippen LogP contribution in [0.1, 0.15) is 43.7 Å². The zero-order valence-corrected chi connectivity index (χ0v) is 16.8. The van der Waals surface area contributed by atoms with Gasteiger partial charge in [-0.15, -0.1) is 0 Å². The van der Waals surface area contributed by atoms with Crippen LogP contribution in [0, 0.1) is 0 Å². The molecule has 27 heavy (non-hydrogen) atoms. The van der Waals surface area contributed by atoms with Gasteiger partial charge in [-0.3, -0.25) is 9.69 Å². The molecule has 6 nitrogen and oxygen atoms in total. The quantitative estimate of drug-likeness (QED) is 0.827. The van der Waals surface area contributed by atoms with Gasteiger partial charge in [-0.25, -0.2) is 8.42 Å². The lowest BCUT2D eigenvalue weighted by Crippen LogP contribution is -2.55. The fourth-order valence-corrected chi connectivity index (χ4v) is 5.54. The number of sulfonamides is 1. The Morgan fingerprint density at radius 3 is 2.41 bits per heavy atom. The number of benzene rings is 1. The smallest absolute Gasteiger partial charge is 0.243 e. The van der Waals surface area contributed by atoms with E-state index in [1.807, 2.05) is 19.1 Å². The summed E-state index contributed by atoms with van der Waals surface area (Å²) in [6.45, 7) is 3.94. The average molecular weight is 392 g/mol. The van der Waals surface area contributed by atoms with Crippen molar-refractivity contribution in [3.05, 3.63) is 29.3 Å². The van der Waals surface area contributed by atoms with E-state index in [4.69, 9.17) is 0 Å². The number of carbonyl (C=O) groups excluding carboxylic acids is 1. The minimum atomic E-state index is -3.47. The van der Waals surface area contributed by atoms with Crippen LogP contribution in [0.15, 0.2) is 23.1 Å². The highest BCUT2D eigenvalue weighted by Crippen LogP contribution is 2.26. The topological polar surface area (TPSA) is 69.7 Å². The molecule has 0 aromatic heterocycles. The molecular weight excluding hydrogens is 362 g/mol. The second-order valence-electron chi connectivity index (χ2n) is 8.04. The van der Waals surface area contributed by atoms with Crippen molar-refractivity contribution in [3.63, 3.8) is 0 Å². The van der Waals surface area contributed by atoms with E-state index in [1.165, 1.54) is 17.5 Å². The second-order valence-corrected chi connectivity index (χ2v) is 9.97. The van der Waals surface area contributed by atoms with Crippen molar-refractivity contribution in [2.45, 2.75) is 62.4 Å². The Bertz CT molecular complexity index is 812. The first-order chi connectivity index (χ1) is 12.9. The molecule has 1 aromatic rings. The molecule has 0 unspecified atom stereocenters. The van der Waals surface area contributed by atoms with Gasteiger partial charge >= 0.3 is 0 Å². The maximum atomic E-state index is 13.1. The lowest BCUT2D eigenvalue weighted by Gasteiger charge is -2.36. The van der Waals surface area contributed by atoms with E-state index in [2.05, 4.69) is 10.2 Å². The van der Waals surface area contributed by atoms with Crippen molar-refractivity contribution in [1.82, 2.24) is 14.5 Å². The molecule has 1 aromatic carbocycles. The van der Waals surface area contributed by atoms with E-state index in [0.29, 0.717) is 37.1 Å². The van der Waals surface area contributed by atoms with Crippen LogP contribution < -0.4 is 5.32 Å². The van der Waals surface area contributed by atoms with Crippen LogP contribution in [0.25, 0.3) is 0 Å². The second kappa shape index (κ2) is 7.53. The fraction of sp³-hybridized carbons (Fsp3) is 0.650. The lowest BCUT2D eigenvalue weighted by molar-refractivity contribution is -0.126. The van der Waals surface area contributed by atoms with Crippen molar-refractivity contribution >= 4 is 15.9 Å². The normalized spacial score (nSPS) is 22.9. The Kier molecular flexibility index (Phi) is 5.27. The van der Waals surface area contributed by atoms with Crippen molar-refractivity contribution < 1.29 is 13.2 Å². The molecule has 4 rings (SSSR count). The van der Waals surface area contributed by atoms with Crippen molar-refractivity contribution in [2.75, 3.05) is 26.2 Å². The summed E-state index contributed by atoms with van der Waals surface area (Å²) >= 11 is 0. The molecule has 1 N–H and O–H groups in total. The highest BCUT2D eigenvalue weighted by molar-refractivity contribution is 7.89. The number of amides is 1. The molecule has 0 spiro atoms. The van der Waals surface area contributed by atoms with E-state index in [0.717, 1.165) is 32.1 Å². The Hall–Kier alpha value is -1.44. The lowest BCUT2D eigenvalue weighted by atomic mass is 9.92. The van der Waals surface area contributed by atoms with E-state index >= 15 is 0 Å². The molecule has 1 heterocycles. The summed E-state index contributed by atoms with van der Waals surface area (Å²) in [6, 6.07) is 5.77. The van der Waals surface area contributed by atoms with Gasteiger partial charge in [0.05, 0.1) is 10.9 Å². The number of hydrogen-bond donors (Lipinski definition) is 1. The Balaban J connectivity index is 1.40. The van der Waals surface area contributed by atoms with E-state index in [-0.39, 0.29) is 11.9 Å². The first-order valence-electron chi connectivity index (χ1n) is 10.1. The summed E-state index contributed by atoms with van der Waals surface area (Å²) in [5.74, 6) is 0.0588. The van der Waals surface area contributed by atoms with Gasteiger partial charge in [-0.05, 0) is 68.7 Å². The molecule has 148 valence electrons. The largest absolute Gasteiger partial charge is 0.352 e. The van der Waals surface area contributed by atoms with Gasteiger partial charge in [0.1, 0.15) is 0 Å². The van der Waals surface area contributed by atoms with E-state index in [1.54, 1.807) is 10.4 Å². The maximum absolute atomic E-state index is 13.1. The summed E-state index contributed by atoms with van der Waals surface area (Å²) in [7, 11) is -3.47. The molecule has 1 atom stereocenters. The van der Waals surface area contributed by atoms with Crippen molar-refractivity contribution in [2.24, 2.45) is 0 Å². The molecule has 1 amide bonds. The van der Waals surface area contributed by atoms with Gasteiger partial charge in [0.2, 0.25) is 15.9 Å². The first-order valence-corrected chi connectivity index (χ1v) is 11.6. The summed E-state index contributed by atoms with van der Waals surface area (Å²) in [5, 5.41) is 3.03. The van der Waals surface area contributed by atoms with Gasteiger partial charge in [-0.2, -0.15) is 4.31 Å². The van der Waals surface area contributed by atoms with Gasteiger partial charge < -0.3 is 5.32 Å².